The summed E-state index contributed by atoms with van der Waals surface area (Å²) < 4.78 is 13.2. The topological polar surface area (TPSA) is 93.8 Å². The number of carbonyl (C=O) groups is 1. The van der Waals surface area contributed by atoms with Gasteiger partial charge in [0, 0.05) is 29.8 Å². The monoisotopic (exact) mass is 329 g/mol. The molecule has 122 valence electrons. The molecular weight excluding hydrogens is 317 g/mol. The number of nitrogens with zero attached hydrogens (tertiary/aromatic N) is 2. The number of oxime groups is 1. The van der Waals surface area contributed by atoms with Gasteiger partial charge in [0.05, 0.1) is 10.6 Å². The average Bonchev–Trinajstić information content (AvgIpc) is 3.05. The van der Waals surface area contributed by atoms with Crippen molar-refractivity contribution in [3.05, 3.63) is 70.0 Å². The van der Waals surface area contributed by atoms with E-state index in [9.17, 15) is 19.3 Å². The second-order valence-electron chi connectivity index (χ2n) is 5.14. The van der Waals surface area contributed by atoms with Crippen molar-refractivity contribution in [2.24, 2.45) is 5.16 Å². The van der Waals surface area contributed by atoms with E-state index in [1.807, 2.05) is 0 Å². The molecule has 1 aliphatic rings. The summed E-state index contributed by atoms with van der Waals surface area (Å²) in [5, 5.41) is 17.1. The van der Waals surface area contributed by atoms with Gasteiger partial charge < -0.3 is 10.2 Å². The Labute approximate surface area is 135 Å². The summed E-state index contributed by atoms with van der Waals surface area (Å²) in [7, 11) is 0. The van der Waals surface area contributed by atoms with Crippen molar-refractivity contribution in [1.29, 1.82) is 0 Å². The minimum atomic E-state index is -0.873. The number of carbonyl (C=O) groups excluding carboxylic acids is 1. The number of nitrogens with one attached hydrogen (secondary N) is 1. The Kier molecular flexibility index (Phi) is 4.19. The van der Waals surface area contributed by atoms with Crippen LogP contribution in [0.5, 0.6) is 0 Å². The van der Waals surface area contributed by atoms with E-state index in [2.05, 4.69) is 10.5 Å². The standard InChI is InChI=1S/C16H12FN3O4/c17-11-4-1-3-10(7-11)14-9-15(24-19-14)16(21)18-12-5-2-6-13(8-12)20(22)23/h1-8,15H,9H2,(H,18,21). The fourth-order valence-corrected chi connectivity index (χ4v) is 2.28. The van der Waals surface area contributed by atoms with Crippen molar-refractivity contribution < 1.29 is 18.9 Å². The van der Waals surface area contributed by atoms with Crippen LogP contribution in [0.2, 0.25) is 0 Å². The van der Waals surface area contributed by atoms with Crippen molar-refractivity contribution >= 4 is 23.0 Å². The van der Waals surface area contributed by atoms with Gasteiger partial charge in [-0.15, -0.1) is 0 Å². The molecular formula is C16H12FN3O4. The highest BCUT2D eigenvalue weighted by Crippen LogP contribution is 2.21. The lowest BCUT2D eigenvalue weighted by Gasteiger charge is -2.09. The van der Waals surface area contributed by atoms with Crippen LogP contribution in [0.1, 0.15) is 12.0 Å². The van der Waals surface area contributed by atoms with Gasteiger partial charge >= 0.3 is 0 Å². The highest BCUT2D eigenvalue weighted by atomic mass is 19.1. The van der Waals surface area contributed by atoms with Gasteiger partial charge in [-0.1, -0.05) is 23.4 Å². The number of amides is 1. The molecule has 24 heavy (non-hydrogen) atoms. The highest BCUT2D eigenvalue weighted by Gasteiger charge is 2.29. The number of rotatable bonds is 4. The summed E-state index contributed by atoms with van der Waals surface area (Å²) in [5.74, 6) is -0.884. The molecule has 2 aromatic rings. The Morgan fingerprint density at radius 2 is 2.08 bits per heavy atom. The molecule has 0 aromatic heterocycles. The Morgan fingerprint density at radius 3 is 2.83 bits per heavy atom. The van der Waals surface area contributed by atoms with E-state index in [-0.39, 0.29) is 17.8 Å². The van der Waals surface area contributed by atoms with E-state index in [4.69, 9.17) is 4.84 Å². The Balaban J connectivity index is 1.66. The Hall–Kier alpha value is -3.29. The fraction of sp³-hybridized carbons (Fsp3) is 0.125. The van der Waals surface area contributed by atoms with Crippen molar-refractivity contribution in [2.45, 2.75) is 12.5 Å². The van der Waals surface area contributed by atoms with Crippen LogP contribution in [0.3, 0.4) is 0 Å². The lowest BCUT2D eigenvalue weighted by atomic mass is 10.0. The first-order valence-electron chi connectivity index (χ1n) is 7.07. The molecule has 0 saturated heterocycles. The fourth-order valence-electron chi connectivity index (χ4n) is 2.28. The number of hydrogen-bond acceptors (Lipinski definition) is 5. The summed E-state index contributed by atoms with van der Waals surface area (Å²) in [6.07, 6.45) is -0.688. The normalized spacial score (nSPS) is 16.2. The molecule has 7 nitrogen and oxygen atoms in total. The third-order valence-corrected chi connectivity index (χ3v) is 3.44. The van der Waals surface area contributed by atoms with Crippen LogP contribution in [0.4, 0.5) is 15.8 Å². The van der Waals surface area contributed by atoms with Crippen molar-refractivity contribution in [3.63, 3.8) is 0 Å². The molecule has 8 heteroatoms. The number of anilines is 1. The van der Waals surface area contributed by atoms with Crippen LogP contribution < -0.4 is 5.32 Å². The molecule has 0 spiro atoms. The predicted molar refractivity (Wildman–Crippen MR) is 84.2 cm³/mol. The van der Waals surface area contributed by atoms with E-state index in [0.717, 1.165) is 0 Å². The summed E-state index contributed by atoms with van der Waals surface area (Å²) in [6, 6.07) is 11.4. The van der Waals surface area contributed by atoms with Gasteiger partial charge in [-0.3, -0.25) is 14.9 Å². The average molecular weight is 329 g/mol. The molecule has 0 radical (unpaired) electrons. The zero-order valence-corrected chi connectivity index (χ0v) is 12.3. The minimum absolute atomic E-state index is 0.128. The van der Waals surface area contributed by atoms with Gasteiger partial charge in [-0.2, -0.15) is 0 Å². The van der Waals surface area contributed by atoms with Crippen LogP contribution in [0.25, 0.3) is 0 Å². The van der Waals surface area contributed by atoms with Crippen LogP contribution in [0, 0.1) is 15.9 Å². The maximum atomic E-state index is 13.2. The maximum Gasteiger partial charge on any atom is 0.271 e. The van der Waals surface area contributed by atoms with Gasteiger partial charge in [0.25, 0.3) is 11.6 Å². The molecule has 0 aliphatic carbocycles. The Morgan fingerprint density at radius 1 is 1.29 bits per heavy atom. The molecule has 1 unspecified atom stereocenters. The highest BCUT2D eigenvalue weighted by molar-refractivity contribution is 6.06. The van der Waals surface area contributed by atoms with Crippen molar-refractivity contribution in [3.8, 4) is 0 Å². The van der Waals surface area contributed by atoms with Gasteiger partial charge in [-0.05, 0) is 18.2 Å². The predicted octanol–water partition coefficient (Wildman–Crippen LogP) is 2.87. The number of hydrogen-bond donors (Lipinski definition) is 1. The maximum absolute atomic E-state index is 13.2. The third-order valence-electron chi connectivity index (χ3n) is 3.44. The largest absolute Gasteiger partial charge is 0.382 e. The number of nitro groups is 1. The van der Waals surface area contributed by atoms with E-state index >= 15 is 0 Å². The first-order chi connectivity index (χ1) is 11.5. The first-order valence-corrected chi connectivity index (χ1v) is 7.07. The number of nitro benzene ring substituents is 1. The van der Waals surface area contributed by atoms with Crippen LogP contribution in [0.15, 0.2) is 53.7 Å². The second kappa shape index (κ2) is 6.45. The summed E-state index contributed by atoms with van der Waals surface area (Å²) in [4.78, 5) is 27.5. The van der Waals surface area contributed by atoms with Gasteiger partial charge in [0.1, 0.15) is 5.82 Å². The van der Waals surface area contributed by atoms with Gasteiger partial charge in [0.2, 0.25) is 6.10 Å². The molecule has 0 bridgehead atoms. The lowest BCUT2D eigenvalue weighted by molar-refractivity contribution is -0.384. The summed E-state index contributed by atoms with van der Waals surface area (Å²) >= 11 is 0. The smallest absolute Gasteiger partial charge is 0.271 e. The zero-order valence-electron chi connectivity index (χ0n) is 12.3. The molecule has 1 heterocycles. The van der Waals surface area contributed by atoms with E-state index in [1.54, 1.807) is 12.1 Å². The van der Waals surface area contributed by atoms with Gasteiger partial charge in [-0.25, -0.2) is 4.39 Å². The van der Waals surface area contributed by atoms with Gasteiger partial charge in [0.15, 0.2) is 0 Å². The molecule has 1 amide bonds. The van der Waals surface area contributed by atoms with Crippen molar-refractivity contribution in [1.82, 2.24) is 0 Å². The van der Waals surface area contributed by atoms with E-state index < -0.39 is 22.8 Å². The van der Waals surface area contributed by atoms with Crippen LogP contribution in [-0.2, 0) is 9.63 Å². The molecule has 1 aliphatic heterocycles. The van der Waals surface area contributed by atoms with Crippen molar-refractivity contribution in [2.75, 3.05) is 5.32 Å². The quantitative estimate of drug-likeness (QED) is 0.689. The first kappa shape index (κ1) is 15.6. The number of non-ortho nitro benzene ring substituents is 1. The minimum Gasteiger partial charge on any atom is -0.382 e. The molecule has 0 saturated carbocycles. The lowest BCUT2D eigenvalue weighted by Crippen LogP contribution is -2.28. The summed E-state index contributed by atoms with van der Waals surface area (Å²) in [6.45, 7) is 0. The number of benzene rings is 2. The van der Waals surface area contributed by atoms with E-state index in [1.165, 1.54) is 36.4 Å². The Bertz CT molecular complexity index is 838. The molecule has 1 N–H and O–H groups in total. The molecule has 3 rings (SSSR count). The zero-order chi connectivity index (χ0) is 17.1. The van der Waals surface area contributed by atoms with E-state index in [0.29, 0.717) is 11.3 Å². The third kappa shape index (κ3) is 3.37. The molecule has 2 aromatic carbocycles. The molecule has 1 atom stereocenters. The SMILES string of the molecule is O=C(Nc1cccc([N+](=O)[O-])c1)C1CC(c2cccc(F)c2)=NO1. The van der Waals surface area contributed by atoms with Crippen LogP contribution in [-0.4, -0.2) is 22.6 Å². The summed E-state index contributed by atoms with van der Waals surface area (Å²) in [5.41, 5.74) is 1.17. The molecule has 0 fully saturated rings. The number of halogens is 1. The second-order valence-corrected chi connectivity index (χ2v) is 5.14. The van der Waals surface area contributed by atoms with Crippen LogP contribution >= 0.6 is 0 Å².